The topological polar surface area (TPSA) is 9.72 Å². The van der Waals surface area contributed by atoms with E-state index >= 15 is 0 Å². The van der Waals surface area contributed by atoms with Crippen molar-refractivity contribution >= 4 is 74.3 Å². The SMILES string of the molecule is Cc1ccc(C(C)(C)C)cc1N1c2ccc(-c3ccccc3)cc2B2c3cc4c(cc3N(c3ccc5c(c3)C(C)(C)CC5(C)C)c3cc(N(c5ccccc5)c5ccccc5)cc1c32)C(C)(C)CC4(C)C. The molecule has 0 fully saturated rings. The van der Waals surface area contributed by atoms with Gasteiger partial charge >= 0.3 is 0 Å². The first-order chi connectivity index (χ1) is 33.7. The molecule has 354 valence electrons. The average molecular weight is 926 g/mol. The molecule has 8 aromatic carbocycles. The van der Waals surface area contributed by atoms with Gasteiger partial charge in [0, 0.05) is 45.5 Å². The van der Waals surface area contributed by atoms with Gasteiger partial charge in [0.1, 0.15) is 0 Å². The smallest absolute Gasteiger partial charge is 0.252 e. The van der Waals surface area contributed by atoms with Crippen molar-refractivity contribution in [3.05, 3.63) is 203 Å². The van der Waals surface area contributed by atoms with Crippen LogP contribution in [0.5, 0.6) is 0 Å². The van der Waals surface area contributed by atoms with E-state index in [1.165, 1.54) is 95.0 Å². The molecule has 0 amide bonds. The number of anilines is 9. The maximum atomic E-state index is 2.69. The summed E-state index contributed by atoms with van der Waals surface area (Å²) in [5.74, 6) is 0. The molecule has 0 saturated carbocycles. The summed E-state index contributed by atoms with van der Waals surface area (Å²) in [5.41, 5.74) is 25.8. The van der Waals surface area contributed by atoms with Crippen LogP contribution in [0.1, 0.15) is 122 Å². The predicted molar refractivity (Wildman–Crippen MR) is 305 cm³/mol. The molecule has 4 heteroatoms. The summed E-state index contributed by atoms with van der Waals surface area (Å²) in [4.78, 5) is 7.79. The molecule has 2 aliphatic carbocycles. The molecule has 0 radical (unpaired) electrons. The Balaban J connectivity index is 1.25. The summed E-state index contributed by atoms with van der Waals surface area (Å²) in [6.45, 7) is 28.9. The minimum atomic E-state index is -0.0495. The first-order valence-electron chi connectivity index (χ1n) is 26.0. The van der Waals surface area contributed by atoms with Crippen LogP contribution in [0.2, 0.25) is 0 Å². The van der Waals surface area contributed by atoms with Gasteiger partial charge in [-0.05, 0) is 174 Å². The van der Waals surface area contributed by atoms with Gasteiger partial charge in [-0.1, -0.05) is 179 Å². The second-order valence-electron chi connectivity index (χ2n) is 25.0. The highest BCUT2D eigenvalue weighted by molar-refractivity contribution is 7.00. The lowest BCUT2D eigenvalue weighted by Crippen LogP contribution is -2.61. The number of rotatable bonds is 6. The summed E-state index contributed by atoms with van der Waals surface area (Å²) in [6, 6.07) is 65.2. The third-order valence-corrected chi connectivity index (χ3v) is 16.8. The Morgan fingerprint density at radius 1 is 0.423 bits per heavy atom. The van der Waals surface area contributed by atoms with E-state index < -0.39 is 0 Å². The molecule has 0 aromatic heterocycles. The standard InChI is InChI=1S/C67H68BN3/c1-43-28-30-46(63(2,3)4)35-58(43)71-57-33-29-45(44-22-16-13-17-23-44)34-55(57)68-56-39-53-54(67(11,12)42-66(53,9)10)40-59(56)70(49-31-32-51-52(36-49)65(7,8)41-64(51,5)6)60-37-50(38-61(71)62(60)68)69(47-24-18-14-19-25-47)48-26-20-15-21-27-48/h13-40H,41-42H2,1-12H3. The van der Waals surface area contributed by atoms with Gasteiger partial charge in [0.15, 0.2) is 0 Å². The van der Waals surface area contributed by atoms with Gasteiger partial charge in [0.05, 0.1) is 5.69 Å². The molecular weight excluding hydrogens is 858 g/mol. The highest BCUT2D eigenvalue weighted by Crippen LogP contribution is 2.56. The van der Waals surface area contributed by atoms with E-state index in [-0.39, 0.29) is 33.8 Å². The normalized spacial score (nSPS) is 17.3. The van der Waals surface area contributed by atoms with Crippen LogP contribution in [0.4, 0.5) is 51.2 Å². The Kier molecular flexibility index (Phi) is 9.98. The third-order valence-electron chi connectivity index (χ3n) is 16.8. The molecule has 2 aliphatic heterocycles. The fourth-order valence-corrected chi connectivity index (χ4v) is 14.0. The van der Waals surface area contributed by atoms with Crippen LogP contribution in [-0.4, -0.2) is 6.71 Å². The second-order valence-corrected chi connectivity index (χ2v) is 25.0. The fraction of sp³-hybridized carbons (Fsp3) is 0.284. The van der Waals surface area contributed by atoms with Gasteiger partial charge in [-0.25, -0.2) is 0 Å². The maximum Gasteiger partial charge on any atom is 0.252 e. The van der Waals surface area contributed by atoms with E-state index in [9.17, 15) is 0 Å². The lowest BCUT2D eigenvalue weighted by Gasteiger charge is -2.46. The van der Waals surface area contributed by atoms with Crippen molar-refractivity contribution in [2.75, 3.05) is 14.7 Å². The minimum Gasteiger partial charge on any atom is -0.311 e. The average Bonchev–Trinajstić information content (AvgIpc) is 3.64. The van der Waals surface area contributed by atoms with Gasteiger partial charge in [0.2, 0.25) is 0 Å². The van der Waals surface area contributed by atoms with Gasteiger partial charge in [-0.3, -0.25) is 0 Å². The summed E-state index contributed by atoms with van der Waals surface area (Å²) in [6.07, 6.45) is 2.22. The number of nitrogens with zero attached hydrogens (tertiary/aromatic N) is 3. The first kappa shape index (κ1) is 45.4. The zero-order chi connectivity index (χ0) is 49.6. The van der Waals surface area contributed by atoms with E-state index in [2.05, 4.69) is 268 Å². The Hall–Kier alpha value is -6.78. The number of para-hydroxylation sites is 2. The van der Waals surface area contributed by atoms with Crippen molar-refractivity contribution in [3.63, 3.8) is 0 Å². The van der Waals surface area contributed by atoms with Crippen LogP contribution in [0, 0.1) is 6.92 Å². The highest BCUT2D eigenvalue weighted by atomic mass is 15.2. The summed E-state index contributed by atoms with van der Waals surface area (Å²) < 4.78 is 0. The molecule has 0 bridgehead atoms. The number of hydrogen-bond acceptors (Lipinski definition) is 3. The molecule has 12 rings (SSSR count). The molecule has 0 unspecified atom stereocenters. The Morgan fingerprint density at radius 2 is 0.958 bits per heavy atom. The fourth-order valence-electron chi connectivity index (χ4n) is 14.0. The van der Waals surface area contributed by atoms with Crippen molar-refractivity contribution in [1.82, 2.24) is 0 Å². The van der Waals surface area contributed by atoms with Crippen LogP contribution in [0.3, 0.4) is 0 Å². The number of aryl methyl sites for hydroxylation is 1. The predicted octanol–water partition coefficient (Wildman–Crippen LogP) is 16.4. The Labute approximate surface area is 424 Å². The second kappa shape index (κ2) is 15.6. The van der Waals surface area contributed by atoms with Gasteiger partial charge < -0.3 is 14.7 Å². The number of fused-ring (bicyclic) bond motifs is 6. The summed E-state index contributed by atoms with van der Waals surface area (Å²) in [5, 5.41) is 0. The minimum absolute atomic E-state index is 0.00549. The zero-order valence-electron chi connectivity index (χ0n) is 44.0. The molecule has 0 spiro atoms. The van der Waals surface area contributed by atoms with E-state index in [0.29, 0.717) is 0 Å². The molecule has 8 aromatic rings. The molecule has 0 N–H and O–H groups in total. The highest BCUT2D eigenvalue weighted by Gasteiger charge is 2.49. The van der Waals surface area contributed by atoms with Gasteiger partial charge in [-0.15, -0.1) is 0 Å². The molecule has 0 atom stereocenters. The van der Waals surface area contributed by atoms with Crippen molar-refractivity contribution < 1.29 is 0 Å². The van der Waals surface area contributed by atoms with Crippen molar-refractivity contribution in [2.24, 2.45) is 0 Å². The van der Waals surface area contributed by atoms with E-state index in [1.54, 1.807) is 0 Å². The molecule has 0 saturated heterocycles. The van der Waals surface area contributed by atoms with Crippen LogP contribution < -0.4 is 31.1 Å². The van der Waals surface area contributed by atoms with Crippen LogP contribution in [0.15, 0.2) is 170 Å². The van der Waals surface area contributed by atoms with Crippen molar-refractivity contribution in [3.8, 4) is 11.1 Å². The van der Waals surface area contributed by atoms with Crippen molar-refractivity contribution in [2.45, 2.75) is 123 Å². The number of hydrogen-bond donors (Lipinski definition) is 0. The maximum absolute atomic E-state index is 2.69. The lowest BCUT2D eigenvalue weighted by molar-refractivity contribution is 0.403. The molecule has 71 heavy (non-hydrogen) atoms. The van der Waals surface area contributed by atoms with Crippen molar-refractivity contribution in [1.29, 1.82) is 0 Å². The summed E-state index contributed by atoms with van der Waals surface area (Å²) in [7, 11) is 0. The van der Waals surface area contributed by atoms with Gasteiger partial charge in [0.25, 0.3) is 6.71 Å². The van der Waals surface area contributed by atoms with Crippen LogP contribution in [0.25, 0.3) is 11.1 Å². The van der Waals surface area contributed by atoms with E-state index in [4.69, 9.17) is 0 Å². The monoisotopic (exact) mass is 926 g/mol. The quantitative estimate of drug-likeness (QED) is 0.154. The largest absolute Gasteiger partial charge is 0.311 e. The molecular formula is C67H68BN3. The van der Waals surface area contributed by atoms with E-state index in [0.717, 1.165) is 29.9 Å². The molecule has 4 aliphatic rings. The van der Waals surface area contributed by atoms with Crippen LogP contribution >= 0.6 is 0 Å². The molecule has 2 heterocycles. The van der Waals surface area contributed by atoms with Crippen LogP contribution in [-0.2, 0) is 27.1 Å². The zero-order valence-corrected chi connectivity index (χ0v) is 44.0. The Bertz CT molecular complexity index is 3390. The molecule has 3 nitrogen and oxygen atoms in total. The lowest BCUT2D eigenvalue weighted by atomic mass is 9.33. The first-order valence-corrected chi connectivity index (χ1v) is 26.0. The number of benzene rings is 8. The third kappa shape index (κ3) is 7.14. The summed E-state index contributed by atoms with van der Waals surface area (Å²) >= 11 is 0. The van der Waals surface area contributed by atoms with E-state index in [1.807, 2.05) is 0 Å². The van der Waals surface area contributed by atoms with Gasteiger partial charge in [-0.2, -0.15) is 0 Å². The Morgan fingerprint density at radius 3 is 1.56 bits per heavy atom.